The molecular weight excluding hydrogens is 198 g/mol. The molecule has 0 spiro atoms. The van der Waals surface area contributed by atoms with Gasteiger partial charge in [0.2, 0.25) is 0 Å². The Hall–Kier alpha value is 0.250. The molecule has 1 atom stereocenters. The highest BCUT2D eigenvalue weighted by Gasteiger charge is 2.08. The van der Waals surface area contributed by atoms with Crippen molar-refractivity contribution in [3.63, 3.8) is 0 Å². The van der Waals surface area contributed by atoms with Gasteiger partial charge in [-0.3, -0.25) is 8.74 Å². The molecule has 0 rings (SSSR count). The summed E-state index contributed by atoms with van der Waals surface area (Å²) in [6.45, 7) is 6.65. The van der Waals surface area contributed by atoms with Crippen LogP contribution in [-0.2, 0) is 24.4 Å². The van der Waals surface area contributed by atoms with E-state index in [-0.39, 0.29) is 12.1 Å². The van der Waals surface area contributed by atoms with Crippen LogP contribution in [0.4, 0.5) is 0 Å². The molecule has 4 nitrogen and oxygen atoms in total. The summed E-state index contributed by atoms with van der Waals surface area (Å²) >= 11 is 4.12. The van der Waals surface area contributed by atoms with Crippen LogP contribution in [0.1, 0.15) is 20.8 Å². The van der Waals surface area contributed by atoms with Gasteiger partial charge >= 0.3 is 0 Å². The first-order chi connectivity index (χ1) is 5.21. The summed E-state index contributed by atoms with van der Waals surface area (Å²) < 4.78 is 23.4. The molecule has 0 heterocycles. The summed E-state index contributed by atoms with van der Waals surface area (Å²) in [6, 6.07) is 0. The average Bonchev–Trinajstić information content (AvgIpc) is 1.76. The Balaban J connectivity index is 3.48. The molecule has 0 aliphatic rings. The third-order valence-corrected chi connectivity index (χ3v) is 1.74. The maximum absolute atomic E-state index is 10.4. The maximum Gasteiger partial charge on any atom is 0.266 e. The van der Waals surface area contributed by atoms with Crippen LogP contribution in [0.3, 0.4) is 0 Å². The molecule has 2 N–H and O–H groups in total. The largest absolute Gasteiger partial charge is 0.310 e. The molecule has 0 aliphatic heterocycles. The van der Waals surface area contributed by atoms with Gasteiger partial charge in [-0.25, -0.2) is 0 Å². The predicted molar refractivity (Wildman–Crippen MR) is 51.8 cm³/mol. The first kappa shape index (κ1) is 12.2. The molecule has 0 fully saturated rings. The highest BCUT2D eigenvalue weighted by Crippen LogP contribution is 1.97. The second-order valence-electron chi connectivity index (χ2n) is 3.43. The Morgan fingerprint density at radius 3 is 2.42 bits per heavy atom. The van der Waals surface area contributed by atoms with Crippen molar-refractivity contribution < 1.29 is 12.9 Å². The number of hydrogen-bond acceptors (Lipinski definition) is 4. The minimum atomic E-state index is -3.45. The molecule has 0 bridgehead atoms. The van der Waals surface area contributed by atoms with Gasteiger partial charge in [0.05, 0.1) is 6.61 Å². The lowest BCUT2D eigenvalue weighted by molar-refractivity contribution is 0.283. The van der Waals surface area contributed by atoms with Crippen LogP contribution in [0.2, 0.25) is 0 Å². The summed E-state index contributed by atoms with van der Waals surface area (Å²) in [5, 5.41) is 3.09. The van der Waals surface area contributed by atoms with Crippen molar-refractivity contribution in [3.05, 3.63) is 0 Å². The topological polar surface area (TPSA) is 58.6 Å². The van der Waals surface area contributed by atoms with E-state index in [2.05, 4.69) is 20.7 Å². The smallest absolute Gasteiger partial charge is 0.266 e. The molecule has 6 heteroatoms. The van der Waals surface area contributed by atoms with Crippen LogP contribution in [0.25, 0.3) is 0 Å². The van der Waals surface area contributed by atoms with Gasteiger partial charge in [0.15, 0.2) is 0 Å². The van der Waals surface area contributed by atoms with Crippen LogP contribution in [0.15, 0.2) is 0 Å². The van der Waals surface area contributed by atoms with Gasteiger partial charge in [0.25, 0.3) is 9.05 Å². The first-order valence-electron chi connectivity index (χ1n) is 3.57. The molecule has 0 aromatic rings. The van der Waals surface area contributed by atoms with Crippen molar-refractivity contribution in [2.45, 2.75) is 26.3 Å². The van der Waals surface area contributed by atoms with E-state index in [4.69, 9.17) is 4.55 Å². The Bertz CT molecular complexity index is 217. The molecule has 0 aromatic carbocycles. The maximum atomic E-state index is 10.4. The van der Waals surface area contributed by atoms with Gasteiger partial charge in [-0.1, -0.05) is 0 Å². The average molecular weight is 213 g/mol. The molecule has 0 saturated carbocycles. The van der Waals surface area contributed by atoms with E-state index in [1.807, 2.05) is 20.8 Å². The van der Waals surface area contributed by atoms with Gasteiger partial charge in [-0.15, -0.1) is 0 Å². The standard InChI is InChI=1S/C6H15NO3S2/c1-6(2,3)7-4-5-10-12(8,9)11/h7H,4-5H2,1-3H3,(H,8,9,11). The molecule has 0 radical (unpaired) electrons. The minimum absolute atomic E-state index is 0.0127. The van der Waals surface area contributed by atoms with E-state index >= 15 is 0 Å². The first-order valence-corrected chi connectivity index (χ1v) is 5.94. The summed E-state index contributed by atoms with van der Waals surface area (Å²) in [4.78, 5) is 0. The Morgan fingerprint density at radius 2 is 2.08 bits per heavy atom. The Kier molecular flexibility index (Phi) is 4.57. The van der Waals surface area contributed by atoms with E-state index in [1.165, 1.54) is 0 Å². The molecule has 1 unspecified atom stereocenters. The van der Waals surface area contributed by atoms with E-state index in [9.17, 15) is 4.21 Å². The van der Waals surface area contributed by atoms with Gasteiger partial charge in [0, 0.05) is 23.3 Å². The van der Waals surface area contributed by atoms with Crippen LogP contribution < -0.4 is 5.32 Å². The highest BCUT2D eigenvalue weighted by atomic mass is 32.9. The van der Waals surface area contributed by atoms with Crippen LogP contribution in [0, 0.1) is 0 Å². The van der Waals surface area contributed by atoms with Crippen LogP contribution in [0.5, 0.6) is 0 Å². The predicted octanol–water partition coefficient (Wildman–Crippen LogP) is 0.525. The third kappa shape index (κ3) is 10.2. The fourth-order valence-corrected chi connectivity index (χ4v) is 1.07. The second-order valence-corrected chi connectivity index (χ2v) is 5.78. The minimum Gasteiger partial charge on any atom is -0.310 e. The zero-order valence-corrected chi connectivity index (χ0v) is 9.13. The number of hydrogen-bond donors (Lipinski definition) is 2. The summed E-state index contributed by atoms with van der Waals surface area (Å²) in [6.07, 6.45) is 0. The van der Waals surface area contributed by atoms with Gasteiger partial charge in [0.1, 0.15) is 0 Å². The molecule has 0 saturated heterocycles. The Morgan fingerprint density at radius 1 is 1.58 bits per heavy atom. The van der Waals surface area contributed by atoms with Crippen molar-refractivity contribution in [3.8, 4) is 0 Å². The molecule has 0 amide bonds. The fourth-order valence-electron chi connectivity index (χ4n) is 0.573. The van der Waals surface area contributed by atoms with Crippen molar-refractivity contribution in [2.75, 3.05) is 13.2 Å². The van der Waals surface area contributed by atoms with E-state index in [0.29, 0.717) is 6.54 Å². The highest BCUT2D eigenvalue weighted by molar-refractivity contribution is 8.27. The van der Waals surface area contributed by atoms with Crippen LogP contribution in [-0.4, -0.2) is 27.5 Å². The normalized spacial score (nSPS) is 17.3. The molecule has 0 aliphatic carbocycles. The van der Waals surface area contributed by atoms with Gasteiger partial charge < -0.3 is 5.32 Å². The molecule has 0 aromatic heterocycles. The van der Waals surface area contributed by atoms with Crippen LogP contribution >= 0.6 is 0 Å². The van der Waals surface area contributed by atoms with Crippen molar-refractivity contribution >= 4 is 20.2 Å². The SMILES string of the molecule is CC(C)(C)NCCOS(=O)(O)=S. The summed E-state index contributed by atoms with van der Waals surface area (Å²) in [5.41, 5.74) is -0.0127. The Labute approximate surface area is 78.4 Å². The van der Waals surface area contributed by atoms with Crippen molar-refractivity contribution in [1.29, 1.82) is 0 Å². The van der Waals surface area contributed by atoms with Gasteiger partial charge in [-0.2, -0.15) is 4.21 Å². The fraction of sp³-hybridized carbons (Fsp3) is 1.00. The second kappa shape index (κ2) is 4.48. The lowest BCUT2D eigenvalue weighted by atomic mass is 10.1. The van der Waals surface area contributed by atoms with Crippen molar-refractivity contribution in [2.24, 2.45) is 0 Å². The third-order valence-electron chi connectivity index (χ3n) is 0.990. The molecule has 74 valence electrons. The monoisotopic (exact) mass is 213 g/mol. The van der Waals surface area contributed by atoms with E-state index in [1.54, 1.807) is 0 Å². The number of nitrogens with one attached hydrogen (secondary N) is 1. The summed E-state index contributed by atoms with van der Waals surface area (Å²) in [7, 11) is -3.45. The lowest BCUT2D eigenvalue weighted by Gasteiger charge is -2.19. The lowest BCUT2D eigenvalue weighted by Crippen LogP contribution is -2.38. The quantitative estimate of drug-likeness (QED) is 0.667. The zero-order chi connectivity index (χ0) is 9.83. The van der Waals surface area contributed by atoms with E-state index < -0.39 is 9.05 Å². The zero-order valence-electron chi connectivity index (χ0n) is 7.49. The van der Waals surface area contributed by atoms with E-state index in [0.717, 1.165) is 0 Å². The summed E-state index contributed by atoms with van der Waals surface area (Å²) in [5.74, 6) is 0. The number of rotatable bonds is 4. The van der Waals surface area contributed by atoms with Gasteiger partial charge in [-0.05, 0) is 20.8 Å². The molecular formula is C6H15NO3S2. The van der Waals surface area contributed by atoms with Crippen molar-refractivity contribution in [1.82, 2.24) is 5.32 Å². The molecule has 12 heavy (non-hydrogen) atoms.